The fourth-order valence-electron chi connectivity index (χ4n) is 4.30. The first-order valence-corrected chi connectivity index (χ1v) is 15.1. The van der Waals surface area contributed by atoms with Crippen LogP contribution in [0.25, 0.3) is 0 Å². The quantitative estimate of drug-likeness (QED) is 0.372. The van der Waals surface area contributed by atoms with Gasteiger partial charge in [-0.1, -0.05) is 0 Å². The normalized spacial score (nSPS) is 11.4. The second kappa shape index (κ2) is 8.84. The summed E-state index contributed by atoms with van der Waals surface area (Å²) in [4.78, 5) is 0. The summed E-state index contributed by atoms with van der Waals surface area (Å²) in [6.45, 7) is 4.34. The Morgan fingerprint density at radius 3 is 1.38 bits per heavy atom. The molecule has 0 saturated heterocycles. The molecule has 0 N–H and O–H groups in total. The van der Waals surface area contributed by atoms with Crippen LogP contribution in [-0.2, 0) is 6.42 Å². The number of hydrogen-bond donors (Lipinski definition) is 0. The van der Waals surface area contributed by atoms with Crippen LogP contribution < -0.4 is 13.2 Å². The molecule has 4 rings (SSSR count). The zero-order valence-electron chi connectivity index (χ0n) is 17.3. The van der Waals surface area contributed by atoms with Crippen LogP contribution in [0.5, 0.6) is 0 Å². The number of hydrogen-bond acceptors (Lipinski definition) is 0. The number of rotatable bonds is 6. The second-order valence-corrected chi connectivity index (χ2v) is 16.5. The minimum atomic E-state index is -2.83. The Hall–Kier alpha value is -2.58. The number of aryl methyl sites for hydroxylation is 3. The first-order chi connectivity index (χ1) is 14.2. The van der Waals surface area contributed by atoms with Gasteiger partial charge < -0.3 is 0 Å². The molecule has 0 aliphatic rings. The van der Waals surface area contributed by atoms with Crippen LogP contribution in [0.1, 0.15) is 16.7 Å². The Labute approximate surface area is 177 Å². The van der Waals surface area contributed by atoms with Crippen molar-refractivity contribution in [3.05, 3.63) is 126 Å². The molecule has 0 atom stereocenters. The van der Waals surface area contributed by atoms with E-state index in [9.17, 15) is 0 Å². The molecule has 0 aliphatic carbocycles. The summed E-state index contributed by atoms with van der Waals surface area (Å²) in [6.07, 6.45) is 1.11. The predicted octanol–water partition coefficient (Wildman–Crippen LogP) is 5.02. The van der Waals surface area contributed by atoms with Gasteiger partial charge in [0.05, 0.1) is 0 Å². The van der Waals surface area contributed by atoms with Gasteiger partial charge >= 0.3 is 178 Å². The van der Waals surface area contributed by atoms with Crippen molar-refractivity contribution in [2.75, 3.05) is 0 Å². The molecular weight excluding hydrogens is 409 g/mol. The van der Waals surface area contributed by atoms with Gasteiger partial charge in [0.15, 0.2) is 0 Å². The standard InChI is InChI=1S/C28H28Ge/c1-23-13-17-25(18-14-23)21-22-29(26-9-5-3-6-10-26,27-11-7-4-8-12-27)28-19-15-24(2)16-20-28/h3-20H,21-22H2,1-2H3. The van der Waals surface area contributed by atoms with Gasteiger partial charge in [-0.05, 0) is 0 Å². The zero-order valence-corrected chi connectivity index (χ0v) is 19.4. The van der Waals surface area contributed by atoms with E-state index in [4.69, 9.17) is 0 Å². The minimum absolute atomic E-state index is 1.11. The van der Waals surface area contributed by atoms with Gasteiger partial charge in [0.25, 0.3) is 0 Å². The van der Waals surface area contributed by atoms with Gasteiger partial charge in [-0.3, -0.25) is 0 Å². The summed E-state index contributed by atoms with van der Waals surface area (Å²) < 4.78 is 4.62. The maximum atomic E-state index is 2.39. The third-order valence-electron chi connectivity index (χ3n) is 5.99. The van der Waals surface area contributed by atoms with Gasteiger partial charge in [0, 0.05) is 0 Å². The molecule has 0 heterocycles. The van der Waals surface area contributed by atoms with Crippen molar-refractivity contribution < 1.29 is 0 Å². The molecule has 0 saturated carbocycles. The van der Waals surface area contributed by atoms with Crippen LogP contribution in [-0.4, -0.2) is 13.3 Å². The van der Waals surface area contributed by atoms with E-state index >= 15 is 0 Å². The van der Waals surface area contributed by atoms with E-state index in [1.165, 1.54) is 30.7 Å². The number of benzene rings is 4. The van der Waals surface area contributed by atoms with E-state index in [1.54, 1.807) is 4.40 Å². The molecule has 144 valence electrons. The average Bonchev–Trinajstić information content (AvgIpc) is 2.78. The Morgan fingerprint density at radius 2 is 0.897 bits per heavy atom. The van der Waals surface area contributed by atoms with Gasteiger partial charge in [-0.15, -0.1) is 0 Å². The fourth-order valence-corrected chi connectivity index (χ4v) is 14.3. The molecule has 0 radical (unpaired) electrons. The fraction of sp³-hybridized carbons (Fsp3) is 0.143. The van der Waals surface area contributed by atoms with E-state index in [0.29, 0.717) is 0 Å². The van der Waals surface area contributed by atoms with E-state index in [1.807, 2.05) is 0 Å². The molecular formula is C28H28Ge. The van der Waals surface area contributed by atoms with Crippen molar-refractivity contribution in [3.63, 3.8) is 0 Å². The van der Waals surface area contributed by atoms with Gasteiger partial charge in [-0.25, -0.2) is 0 Å². The summed E-state index contributed by atoms with van der Waals surface area (Å²) in [5.41, 5.74) is 4.08. The molecule has 29 heavy (non-hydrogen) atoms. The van der Waals surface area contributed by atoms with Crippen molar-refractivity contribution in [1.29, 1.82) is 0 Å². The van der Waals surface area contributed by atoms with Crippen molar-refractivity contribution in [2.45, 2.75) is 25.5 Å². The van der Waals surface area contributed by atoms with Crippen molar-refractivity contribution in [2.24, 2.45) is 0 Å². The Morgan fingerprint density at radius 1 is 0.483 bits per heavy atom. The third-order valence-corrected chi connectivity index (χ3v) is 16.4. The van der Waals surface area contributed by atoms with E-state index < -0.39 is 13.3 Å². The van der Waals surface area contributed by atoms with E-state index in [-0.39, 0.29) is 0 Å². The molecule has 0 aromatic heterocycles. The molecule has 0 unspecified atom stereocenters. The van der Waals surface area contributed by atoms with Crippen LogP contribution in [0.4, 0.5) is 0 Å². The van der Waals surface area contributed by atoms with Crippen LogP contribution >= 0.6 is 0 Å². The Kier molecular flexibility index (Phi) is 6.01. The summed E-state index contributed by atoms with van der Waals surface area (Å²) in [5, 5.41) is 1.21. The van der Waals surface area contributed by atoms with Crippen molar-refractivity contribution in [3.8, 4) is 0 Å². The topological polar surface area (TPSA) is 0 Å². The first-order valence-electron chi connectivity index (χ1n) is 10.4. The molecule has 0 fully saturated rings. The summed E-state index contributed by atoms with van der Waals surface area (Å²) in [5.74, 6) is 0. The summed E-state index contributed by atoms with van der Waals surface area (Å²) in [7, 11) is 0. The van der Waals surface area contributed by atoms with Gasteiger partial charge in [0.1, 0.15) is 0 Å². The van der Waals surface area contributed by atoms with Crippen molar-refractivity contribution >= 4 is 26.5 Å². The molecule has 0 bridgehead atoms. The molecule has 0 amide bonds. The summed E-state index contributed by atoms with van der Waals surface area (Å²) in [6, 6.07) is 41.0. The Balaban J connectivity index is 1.87. The van der Waals surface area contributed by atoms with E-state index in [2.05, 4.69) is 123 Å². The molecule has 0 aliphatic heterocycles. The second-order valence-electron chi connectivity index (χ2n) is 7.99. The third kappa shape index (κ3) is 4.23. The van der Waals surface area contributed by atoms with Crippen molar-refractivity contribution in [1.82, 2.24) is 0 Å². The predicted molar refractivity (Wildman–Crippen MR) is 128 cm³/mol. The van der Waals surface area contributed by atoms with Crippen LogP contribution in [0.3, 0.4) is 0 Å². The zero-order chi connectivity index (χ0) is 20.1. The maximum absolute atomic E-state index is 2.83. The Bertz CT molecular complexity index is 993. The molecule has 0 spiro atoms. The van der Waals surface area contributed by atoms with Crippen LogP contribution in [0.2, 0.25) is 5.25 Å². The van der Waals surface area contributed by atoms with Crippen LogP contribution in [0, 0.1) is 13.8 Å². The monoisotopic (exact) mass is 438 g/mol. The summed E-state index contributed by atoms with van der Waals surface area (Å²) >= 11 is -2.83. The molecule has 4 aromatic carbocycles. The van der Waals surface area contributed by atoms with Gasteiger partial charge in [-0.2, -0.15) is 0 Å². The first kappa shape index (κ1) is 19.7. The SMILES string of the molecule is Cc1ccc(C[CH2][Ge]([c]2ccccc2)([c]2ccccc2)[c]2ccc(C)cc2)cc1. The average molecular weight is 437 g/mol. The van der Waals surface area contributed by atoms with Crippen LogP contribution in [0.15, 0.2) is 109 Å². The van der Waals surface area contributed by atoms with Gasteiger partial charge in [0.2, 0.25) is 0 Å². The molecule has 4 aromatic rings. The molecule has 0 nitrogen and oxygen atoms in total. The molecule has 1 heteroatoms. The van der Waals surface area contributed by atoms with E-state index in [0.717, 1.165) is 6.42 Å².